The second-order valence-electron chi connectivity index (χ2n) is 5.09. The number of halogens is 3. The number of aryl methyl sites for hydroxylation is 1. The summed E-state index contributed by atoms with van der Waals surface area (Å²) in [6.07, 6.45) is -2.92. The third-order valence-corrected chi connectivity index (χ3v) is 3.46. The van der Waals surface area contributed by atoms with Crippen molar-refractivity contribution in [3.05, 3.63) is 17.5 Å². The van der Waals surface area contributed by atoms with Gasteiger partial charge in [-0.2, -0.15) is 18.3 Å². The summed E-state index contributed by atoms with van der Waals surface area (Å²) in [5.74, 6) is -0.550. The molecule has 1 aliphatic rings. The van der Waals surface area contributed by atoms with Crippen molar-refractivity contribution in [3.8, 4) is 0 Å². The maximum atomic E-state index is 12.6. The van der Waals surface area contributed by atoms with E-state index in [0.29, 0.717) is 4.68 Å². The molecule has 0 spiro atoms. The monoisotopic (exact) mass is 290 g/mol. The molecule has 1 aromatic heterocycles. The molecule has 8 heteroatoms. The van der Waals surface area contributed by atoms with Crippen LogP contribution in [0.25, 0.3) is 0 Å². The Morgan fingerprint density at radius 3 is 2.45 bits per heavy atom. The molecule has 20 heavy (non-hydrogen) atoms. The largest absolute Gasteiger partial charge is 0.433 e. The van der Waals surface area contributed by atoms with Crippen LogP contribution in [0.2, 0.25) is 0 Å². The van der Waals surface area contributed by atoms with Crippen molar-refractivity contribution < 1.29 is 18.0 Å². The van der Waals surface area contributed by atoms with Gasteiger partial charge in [-0.15, -0.1) is 0 Å². The van der Waals surface area contributed by atoms with Gasteiger partial charge in [-0.3, -0.25) is 9.48 Å². The van der Waals surface area contributed by atoms with E-state index in [1.165, 1.54) is 7.05 Å². The van der Waals surface area contributed by atoms with Gasteiger partial charge in [0.2, 0.25) is 0 Å². The van der Waals surface area contributed by atoms with Gasteiger partial charge in [-0.25, -0.2) is 0 Å². The number of hydrogen-bond acceptors (Lipinski definition) is 3. The standard InChI is InChI=1S/C12H17F3N4O/c1-18-5-3-8(4-6-18)16-11(20)9-7-10(12(13,14)15)19(2)17-9/h7-8H,3-6H2,1-2H3,(H,16,20). The van der Waals surface area contributed by atoms with Crippen LogP contribution in [0, 0.1) is 0 Å². The summed E-state index contributed by atoms with van der Waals surface area (Å²) < 4.78 is 38.6. The molecule has 2 heterocycles. The molecule has 0 aromatic carbocycles. The molecule has 1 amide bonds. The molecule has 1 aliphatic heterocycles. The molecule has 1 saturated heterocycles. The van der Waals surface area contributed by atoms with Crippen LogP contribution < -0.4 is 5.32 Å². The summed E-state index contributed by atoms with van der Waals surface area (Å²) in [6.45, 7) is 1.72. The zero-order chi connectivity index (χ0) is 14.9. The third kappa shape index (κ3) is 3.30. The summed E-state index contributed by atoms with van der Waals surface area (Å²) >= 11 is 0. The lowest BCUT2D eigenvalue weighted by Gasteiger charge is -2.29. The molecule has 1 aromatic rings. The summed E-state index contributed by atoms with van der Waals surface area (Å²) in [7, 11) is 3.17. The SMILES string of the molecule is CN1CCC(NC(=O)c2cc(C(F)(F)F)n(C)n2)CC1. The van der Waals surface area contributed by atoms with Crippen LogP contribution in [-0.2, 0) is 13.2 Å². The van der Waals surface area contributed by atoms with Crippen LogP contribution in [0.4, 0.5) is 13.2 Å². The van der Waals surface area contributed by atoms with Gasteiger partial charge in [-0.1, -0.05) is 0 Å². The number of rotatable bonds is 2. The minimum Gasteiger partial charge on any atom is -0.348 e. The molecular weight excluding hydrogens is 273 g/mol. The number of carbonyl (C=O) groups excluding carboxylic acids is 1. The highest BCUT2D eigenvalue weighted by Crippen LogP contribution is 2.29. The zero-order valence-electron chi connectivity index (χ0n) is 11.4. The average Bonchev–Trinajstić information content (AvgIpc) is 2.74. The lowest BCUT2D eigenvalue weighted by molar-refractivity contribution is -0.143. The maximum Gasteiger partial charge on any atom is 0.433 e. The van der Waals surface area contributed by atoms with Gasteiger partial charge in [-0.05, 0) is 33.0 Å². The molecule has 0 aliphatic carbocycles. The van der Waals surface area contributed by atoms with Crippen molar-refractivity contribution in [2.24, 2.45) is 7.05 Å². The van der Waals surface area contributed by atoms with Crippen LogP contribution in [0.15, 0.2) is 6.07 Å². The van der Waals surface area contributed by atoms with E-state index in [1.54, 1.807) is 0 Å². The van der Waals surface area contributed by atoms with E-state index >= 15 is 0 Å². The lowest BCUT2D eigenvalue weighted by Crippen LogP contribution is -2.43. The van der Waals surface area contributed by atoms with Gasteiger partial charge >= 0.3 is 6.18 Å². The minimum atomic E-state index is -4.51. The Morgan fingerprint density at radius 1 is 1.35 bits per heavy atom. The van der Waals surface area contributed by atoms with Crippen molar-refractivity contribution >= 4 is 5.91 Å². The minimum absolute atomic E-state index is 0.00459. The Kier molecular flexibility index (Phi) is 4.03. The van der Waals surface area contributed by atoms with E-state index in [-0.39, 0.29) is 11.7 Å². The van der Waals surface area contributed by atoms with E-state index in [9.17, 15) is 18.0 Å². The molecule has 0 unspecified atom stereocenters. The van der Waals surface area contributed by atoms with Crippen LogP contribution in [0.1, 0.15) is 29.0 Å². The molecule has 0 atom stereocenters. The van der Waals surface area contributed by atoms with Crippen molar-refractivity contribution in [2.45, 2.75) is 25.1 Å². The molecule has 1 N–H and O–H groups in total. The van der Waals surface area contributed by atoms with Crippen molar-refractivity contribution in [3.63, 3.8) is 0 Å². The molecule has 1 fully saturated rings. The van der Waals surface area contributed by atoms with Crippen molar-refractivity contribution in [1.29, 1.82) is 0 Å². The van der Waals surface area contributed by atoms with E-state index in [0.717, 1.165) is 32.0 Å². The quantitative estimate of drug-likeness (QED) is 0.892. The molecule has 5 nitrogen and oxygen atoms in total. The number of likely N-dealkylation sites (tertiary alicyclic amines) is 1. The Balaban J connectivity index is 2.03. The number of piperidine rings is 1. The molecule has 112 valence electrons. The predicted molar refractivity (Wildman–Crippen MR) is 66.2 cm³/mol. The first-order valence-corrected chi connectivity index (χ1v) is 6.38. The fraction of sp³-hybridized carbons (Fsp3) is 0.667. The Bertz CT molecular complexity index is 489. The number of amides is 1. The fourth-order valence-electron chi connectivity index (χ4n) is 2.26. The van der Waals surface area contributed by atoms with Gasteiger partial charge < -0.3 is 10.2 Å². The van der Waals surface area contributed by atoms with Crippen LogP contribution in [0.3, 0.4) is 0 Å². The van der Waals surface area contributed by atoms with Gasteiger partial charge in [0.05, 0.1) is 0 Å². The summed E-state index contributed by atoms with van der Waals surface area (Å²) in [5.41, 5.74) is -1.12. The van der Waals surface area contributed by atoms with E-state index < -0.39 is 17.8 Å². The van der Waals surface area contributed by atoms with E-state index in [4.69, 9.17) is 0 Å². The summed E-state index contributed by atoms with van der Waals surface area (Å²) in [6, 6.07) is 0.777. The van der Waals surface area contributed by atoms with Crippen LogP contribution in [-0.4, -0.2) is 46.8 Å². The van der Waals surface area contributed by atoms with Gasteiger partial charge in [0, 0.05) is 19.2 Å². The first-order chi connectivity index (χ1) is 9.27. The van der Waals surface area contributed by atoms with Gasteiger partial charge in [0.1, 0.15) is 5.69 Å². The number of carbonyl (C=O) groups is 1. The second kappa shape index (κ2) is 5.43. The normalized spacial score (nSPS) is 18.2. The molecule has 2 rings (SSSR count). The van der Waals surface area contributed by atoms with Crippen LogP contribution in [0.5, 0.6) is 0 Å². The fourth-order valence-corrected chi connectivity index (χ4v) is 2.26. The number of hydrogen-bond donors (Lipinski definition) is 1. The number of nitrogens with one attached hydrogen (secondary N) is 1. The number of alkyl halides is 3. The summed E-state index contributed by atoms with van der Waals surface area (Å²) in [4.78, 5) is 14.1. The third-order valence-electron chi connectivity index (χ3n) is 3.46. The van der Waals surface area contributed by atoms with Crippen LogP contribution >= 0.6 is 0 Å². The molecule has 0 bridgehead atoms. The highest BCUT2D eigenvalue weighted by Gasteiger charge is 2.36. The smallest absolute Gasteiger partial charge is 0.348 e. The Hall–Kier alpha value is -1.57. The predicted octanol–water partition coefficient (Wildman–Crippen LogP) is 1.26. The van der Waals surface area contributed by atoms with E-state index in [2.05, 4.69) is 15.3 Å². The highest BCUT2D eigenvalue weighted by molar-refractivity contribution is 5.92. The van der Waals surface area contributed by atoms with E-state index in [1.807, 2.05) is 7.05 Å². The number of aromatic nitrogens is 2. The zero-order valence-corrected chi connectivity index (χ0v) is 11.4. The number of nitrogens with zero attached hydrogens (tertiary/aromatic N) is 3. The Morgan fingerprint density at radius 2 is 1.95 bits per heavy atom. The lowest BCUT2D eigenvalue weighted by atomic mass is 10.1. The molecule has 0 saturated carbocycles. The Labute approximate surface area is 114 Å². The van der Waals surface area contributed by atoms with Gasteiger partial charge in [0.15, 0.2) is 5.69 Å². The topological polar surface area (TPSA) is 50.2 Å². The highest BCUT2D eigenvalue weighted by atomic mass is 19.4. The first kappa shape index (κ1) is 14.8. The summed E-state index contributed by atoms with van der Waals surface area (Å²) in [5, 5.41) is 6.37. The molecular formula is C12H17F3N4O. The first-order valence-electron chi connectivity index (χ1n) is 6.38. The van der Waals surface area contributed by atoms with Crippen molar-refractivity contribution in [1.82, 2.24) is 20.0 Å². The van der Waals surface area contributed by atoms with Gasteiger partial charge in [0.25, 0.3) is 5.91 Å². The maximum absolute atomic E-state index is 12.6. The second-order valence-corrected chi connectivity index (χ2v) is 5.09. The average molecular weight is 290 g/mol. The molecule has 0 radical (unpaired) electrons. The van der Waals surface area contributed by atoms with Crippen molar-refractivity contribution in [2.75, 3.05) is 20.1 Å².